The van der Waals surface area contributed by atoms with Gasteiger partial charge < -0.3 is 0 Å². The van der Waals surface area contributed by atoms with Crippen molar-refractivity contribution in [2.45, 2.75) is 24.7 Å². The smallest absolute Gasteiger partial charge is 0.207 e. The summed E-state index contributed by atoms with van der Waals surface area (Å²) in [5.74, 6) is 0. The van der Waals surface area contributed by atoms with Crippen molar-refractivity contribution in [3.63, 3.8) is 0 Å². The minimum Gasteiger partial charge on any atom is -0.207 e. The number of benzene rings is 1. The van der Waals surface area contributed by atoms with E-state index in [-0.39, 0.29) is 4.90 Å². The molecule has 0 unspecified atom stereocenters. The number of hydrogen-bond donors (Lipinski definition) is 0. The van der Waals surface area contributed by atoms with Gasteiger partial charge in [0.05, 0.1) is 4.90 Å². The van der Waals surface area contributed by atoms with Crippen LogP contribution in [0.3, 0.4) is 0 Å². The van der Waals surface area contributed by atoms with Gasteiger partial charge in [-0.15, -0.1) is 0 Å². The van der Waals surface area contributed by atoms with Crippen LogP contribution in [0, 0.1) is 0 Å². The van der Waals surface area contributed by atoms with Crippen LogP contribution < -0.4 is 0 Å². The molecule has 0 aliphatic heterocycles. The second-order valence-corrected chi connectivity index (χ2v) is 5.33. The van der Waals surface area contributed by atoms with Gasteiger partial charge >= 0.3 is 0 Å². The van der Waals surface area contributed by atoms with Gasteiger partial charge in [0, 0.05) is 10.7 Å². The fourth-order valence-electron chi connectivity index (χ4n) is 1.22. The highest BCUT2D eigenvalue weighted by Gasteiger charge is 2.13. The maximum absolute atomic E-state index is 11.1. The predicted octanol–water partition coefficient (Wildman–Crippen LogP) is 2.57. The molecular formula is C9H11ClO2S. The second kappa shape index (κ2) is 4.11. The number of hydrogen-bond acceptors (Lipinski definition) is 2. The Balaban J connectivity index is 3.20. The topological polar surface area (TPSA) is 34.1 Å². The fourth-order valence-corrected chi connectivity index (χ4v) is 2.39. The fraction of sp³-hybridized carbons (Fsp3) is 0.333. The Labute approximate surface area is 83.0 Å². The van der Waals surface area contributed by atoms with Crippen molar-refractivity contribution >= 4 is 19.7 Å². The minimum atomic E-state index is -3.58. The molecule has 0 aliphatic carbocycles. The Kier molecular flexibility index (Phi) is 3.33. The zero-order chi connectivity index (χ0) is 9.90. The first-order valence-corrected chi connectivity index (χ1v) is 6.39. The van der Waals surface area contributed by atoms with Crippen LogP contribution >= 0.6 is 10.7 Å². The molecule has 0 aromatic heterocycles. The monoisotopic (exact) mass is 218 g/mol. The van der Waals surface area contributed by atoms with Crippen LogP contribution in [0.1, 0.15) is 18.9 Å². The number of halogens is 1. The van der Waals surface area contributed by atoms with E-state index in [1.54, 1.807) is 12.1 Å². The average Bonchev–Trinajstić information content (AvgIpc) is 2.04. The molecule has 0 saturated carbocycles. The van der Waals surface area contributed by atoms with Crippen LogP contribution in [-0.2, 0) is 15.5 Å². The van der Waals surface area contributed by atoms with Crippen LogP contribution in [0.4, 0.5) is 0 Å². The quantitative estimate of drug-likeness (QED) is 0.731. The third kappa shape index (κ3) is 2.71. The molecule has 1 aromatic carbocycles. The summed E-state index contributed by atoms with van der Waals surface area (Å²) in [6.45, 7) is 2.00. The first-order chi connectivity index (χ1) is 6.05. The van der Waals surface area contributed by atoms with Gasteiger partial charge in [0.15, 0.2) is 0 Å². The Morgan fingerprint density at radius 1 is 1.31 bits per heavy atom. The Morgan fingerprint density at radius 2 is 1.92 bits per heavy atom. The summed E-state index contributed by atoms with van der Waals surface area (Å²) < 4.78 is 22.2. The van der Waals surface area contributed by atoms with E-state index >= 15 is 0 Å². The minimum absolute atomic E-state index is 0.235. The molecular weight excluding hydrogens is 208 g/mol. The van der Waals surface area contributed by atoms with Crippen molar-refractivity contribution in [3.05, 3.63) is 29.8 Å². The van der Waals surface area contributed by atoms with Crippen LogP contribution in [0.2, 0.25) is 0 Å². The normalized spacial score (nSPS) is 11.5. The zero-order valence-corrected chi connectivity index (χ0v) is 8.90. The molecule has 0 bridgehead atoms. The van der Waals surface area contributed by atoms with Crippen molar-refractivity contribution in [1.82, 2.24) is 0 Å². The Morgan fingerprint density at radius 3 is 2.46 bits per heavy atom. The summed E-state index contributed by atoms with van der Waals surface area (Å²) in [5, 5.41) is 0. The molecule has 0 amide bonds. The molecule has 1 rings (SSSR count). The highest BCUT2D eigenvalue weighted by Crippen LogP contribution is 2.20. The zero-order valence-electron chi connectivity index (χ0n) is 7.33. The Hall–Kier alpha value is -0.540. The molecule has 0 aliphatic rings. The third-order valence-electron chi connectivity index (χ3n) is 1.75. The lowest BCUT2D eigenvalue weighted by Gasteiger charge is -2.03. The molecule has 2 nitrogen and oxygen atoms in total. The van der Waals surface area contributed by atoms with E-state index in [0.717, 1.165) is 18.4 Å². The summed E-state index contributed by atoms with van der Waals surface area (Å²) in [6.07, 6.45) is 1.64. The molecule has 0 atom stereocenters. The molecule has 0 heterocycles. The highest BCUT2D eigenvalue weighted by molar-refractivity contribution is 8.13. The van der Waals surface area contributed by atoms with Crippen molar-refractivity contribution < 1.29 is 8.42 Å². The van der Waals surface area contributed by atoms with E-state index in [1.807, 2.05) is 13.0 Å². The lowest BCUT2D eigenvalue weighted by Crippen LogP contribution is -1.97. The van der Waals surface area contributed by atoms with Gasteiger partial charge in [0.2, 0.25) is 0 Å². The van der Waals surface area contributed by atoms with Gasteiger partial charge in [0.1, 0.15) is 0 Å². The summed E-state index contributed by atoms with van der Waals surface area (Å²) in [4.78, 5) is 0.235. The molecule has 0 radical (unpaired) electrons. The first-order valence-electron chi connectivity index (χ1n) is 4.08. The third-order valence-corrected chi connectivity index (χ3v) is 3.18. The van der Waals surface area contributed by atoms with Crippen molar-refractivity contribution in [2.24, 2.45) is 0 Å². The maximum Gasteiger partial charge on any atom is 0.261 e. The molecule has 1 aromatic rings. The van der Waals surface area contributed by atoms with E-state index in [4.69, 9.17) is 10.7 Å². The lowest BCUT2D eigenvalue weighted by atomic mass is 10.1. The number of aryl methyl sites for hydroxylation is 1. The summed E-state index contributed by atoms with van der Waals surface area (Å²) in [5.41, 5.74) is 0.792. The van der Waals surface area contributed by atoms with E-state index in [0.29, 0.717) is 0 Å². The molecule has 4 heteroatoms. The van der Waals surface area contributed by atoms with Crippen LogP contribution in [0.25, 0.3) is 0 Å². The van der Waals surface area contributed by atoms with Gasteiger partial charge in [-0.05, 0) is 18.1 Å². The van der Waals surface area contributed by atoms with Gasteiger partial charge in [-0.3, -0.25) is 0 Å². The summed E-state index contributed by atoms with van der Waals surface area (Å²) in [6, 6.07) is 6.82. The molecule has 0 saturated heterocycles. The first kappa shape index (κ1) is 10.5. The van der Waals surface area contributed by atoms with Crippen LogP contribution in [0.15, 0.2) is 29.2 Å². The van der Waals surface area contributed by atoms with E-state index in [9.17, 15) is 8.42 Å². The predicted molar refractivity (Wildman–Crippen MR) is 53.5 cm³/mol. The molecule has 0 spiro atoms. The molecule has 0 fully saturated rings. The van der Waals surface area contributed by atoms with Gasteiger partial charge in [-0.25, -0.2) is 8.42 Å². The lowest BCUT2D eigenvalue weighted by molar-refractivity contribution is 0.608. The summed E-state index contributed by atoms with van der Waals surface area (Å²) in [7, 11) is 1.69. The molecule has 72 valence electrons. The van der Waals surface area contributed by atoms with Gasteiger partial charge in [-0.2, -0.15) is 0 Å². The second-order valence-electron chi connectivity index (χ2n) is 2.80. The van der Waals surface area contributed by atoms with Crippen LogP contribution in [-0.4, -0.2) is 8.42 Å². The van der Waals surface area contributed by atoms with Crippen molar-refractivity contribution in [3.8, 4) is 0 Å². The largest absolute Gasteiger partial charge is 0.261 e. The van der Waals surface area contributed by atoms with Crippen LogP contribution in [0.5, 0.6) is 0 Å². The van der Waals surface area contributed by atoms with Gasteiger partial charge in [0.25, 0.3) is 9.05 Å². The molecule has 0 N–H and O–H groups in total. The van der Waals surface area contributed by atoms with Crippen molar-refractivity contribution in [2.75, 3.05) is 0 Å². The standard InChI is InChI=1S/C9H11ClO2S/c1-2-5-8-6-3-4-7-9(8)13(10,11)12/h3-4,6-7H,2,5H2,1H3. The maximum atomic E-state index is 11.1. The Bertz CT molecular complexity index is 384. The number of rotatable bonds is 3. The average molecular weight is 219 g/mol. The van der Waals surface area contributed by atoms with Gasteiger partial charge in [-0.1, -0.05) is 31.5 Å². The SMILES string of the molecule is CCCc1ccccc1S(=O)(=O)Cl. The van der Waals surface area contributed by atoms with E-state index in [1.165, 1.54) is 6.07 Å². The van der Waals surface area contributed by atoms with Crippen molar-refractivity contribution in [1.29, 1.82) is 0 Å². The molecule has 13 heavy (non-hydrogen) atoms. The summed E-state index contributed by atoms with van der Waals surface area (Å²) >= 11 is 0. The van der Waals surface area contributed by atoms with E-state index < -0.39 is 9.05 Å². The highest BCUT2D eigenvalue weighted by atomic mass is 35.7. The van der Waals surface area contributed by atoms with E-state index in [2.05, 4.69) is 0 Å².